The smallest absolute Gasteiger partial charge is 0.261 e. The highest BCUT2D eigenvalue weighted by molar-refractivity contribution is 5.86. The van der Waals surface area contributed by atoms with Gasteiger partial charge in [-0.15, -0.1) is 0 Å². The molecule has 0 radical (unpaired) electrons. The van der Waals surface area contributed by atoms with E-state index in [-0.39, 0.29) is 31.2 Å². The number of nitrogens with zero attached hydrogens (tertiary/aromatic N) is 6. The molecule has 1 atom stereocenters. The van der Waals surface area contributed by atoms with Crippen LogP contribution in [0.2, 0.25) is 0 Å². The second kappa shape index (κ2) is 7.57. The van der Waals surface area contributed by atoms with Crippen LogP contribution in [0.15, 0.2) is 6.20 Å². The Labute approximate surface area is 174 Å². The Morgan fingerprint density at radius 2 is 2.00 bits per heavy atom. The van der Waals surface area contributed by atoms with Gasteiger partial charge in [0.2, 0.25) is 0 Å². The van der Waals surface area contributed by atoms with Crippen LogP contribution in [0.5, 0.6) is 0 Å². The van der Waals surface area contributed by atoms with Crippen LogP contribution in [0, 0.1) is 5.82 Å². The van der Waals surface area contributed by atoms with E-state index in [1.165, 1.54) is 0 Å². The molecule has 2 aromatic heterocycles. The number of likely N-dealkylation sites (tertiary alicyclic amines) is 1. The van der Waals surface area contributed by atoms with Gasteiger partial charge in [0, 0.05) is 45.0 Å². The van der Waals surface area contributed by atoms with Crippen molar-refractivity contribution in [1.29, 1.82) is 0 Å². The molecule has 2 aliphatic rings. The van der Waals surface area contributed by atoms with E-state index in [0.29, 0.717) is 31.2 Å². The maximum Gasteiger partial charge on any atom is 0.261 e. The predicted octanol–water partition coefficient (Wildman–Crippen LogP) is 2.49. The molecule has 0 saturated carbocycles. The molecule has 8 nitrogen and oxygen atoms in total. The van der Waals surface area contributed by atoms with E-state index < -0.39 is 17.4 Å². The summed E-state index contributed by atoms with van der Waals surface area (Å²) in [6.45, 7) is 5.12. The summed E-state index contributed by atoms with van der Waals surface area (Å²) in [5, 5.41) is 7.40. The molecular formula is C20H27F2N7O. The largest absolute Gasteiger partial charge is 0.327 e. The van der Waals surface area contributed by atoms with Gasteiger partial charge in [0.1, 0.15) is 5.82 Å². The van der Waals surface area contributed by atoms with E-state index in [1.54, 1.807) is 16.6 Å². The zero-order valence-corrected chi connectivity index (χ0v) is 17.7. The van der Waals surface area contributed by atoms with E-state index in [9.17, 15) is 9.18 Å². The van der Waals surface area contributed by atoms with Gasteiger partial charge in [0.05, 0.1) is 24.5 Å². The summed E-state index contributed by atoms with van der Waals surface area (Å²) in [6, 6.07) is -0.383. The Hall–Kier alpha value is -2.62. The Balaban J connectivity index is 1.60. The molecule has 1 unspecified atom stereocenters. The summed E-state index contributed by atoms with van der Waals surface area (Å²) in [6.07, 6.45) is 2.08. The third-order valence-electron chi connectivity index (χ3n) is 6.18. The second-order valence-corrected chi connectivity index (χ2v) is 8.17. The number of amides is 1. The molecule has 30 heavy (non-hydrogen) atoms. The zero-order chi connectivity index (χ0) is 21.6. The molecule has 1 amide bonds. The Bertz CT molecular complexity index is 968. The summed E-state index contributed by atoms with van der Waals surface area (Å²) in [5.41, 5.74) is -0.281. The third-order valence-corrected chi connectivity index (χ3v) is 6.18. The Kier molecular flexibility index (Phi) is 5.21. The number of hydrogen-bond donors (Lipinski definition) is 1. The molecule has 0 aromatic carbocycles. The number of carbonyl (C=O) groups is 1. The molecule has 2 aromatic rings. The molecule has 0 bridgehead atoms. The van der Waals surface area contributed by atoms with Gasteiger partial charge in [-0.05, 0) is 14.0 Å². The van der Waals surface area contributed by atoms with E-state index in [4.69, 9.17) is 0 Å². The highest BCUT2D eigenvalue weighted by Crippen LogP contribution is 2.42. The van der Waals surface area contributed by atoms with Gasteiger partial charge in [-0.3, -0.25) is 9.48 Å². The van der Waals surface area contributed by atoms with Gasteiger partial charge in [-0.1, -0.05) is 6.92 Å². The van der Waals surface area contributed by atoms with Gasteiger partial charge < -0.3 is 15.1 Å². The number of alkyl halides is 1. The van der Waals surface area contributed by atoms with E-state index >= 15 is 4.39 Å². The van der Waals surface area contributed by atoms with Crippen LogP contribution in [-0.4, -0.2) is 61.3 Å². The van der Waals surface area contributed by atoms with Gasteiger partial charge in [0.15, 0.2) is 23.1 Å². The number of hydrogen-bond acceptors (Lipinski definition) is 6. The van der Waals surface area contributed by atoms with Crippen molar-refractivity contribution in [3.63, 3.8) is 0 Å². The molecule has 4 heterocycles. The van der Waals surface area contributed by atoms with Crippen LogP contribution in [0.4, 0.5) is 20.4 Å². The standard InChI is InChI=1S/C20H27F2N7O/c1-5-15-23-10-13(21)17(24-15)25-18-16-12(2)29(11-14(16)28(4)26-18)19(30)20(22)6-8-27(3)9-7-20/h10,12H,5-9,11H2,1-4H3,(H,23,24,25,26). The van der Waals surface area contributed by atoms with Gasteiger partial charge in [-0.2, -0.15) is 5.10 Å². The fraction of sp³-hybridized carbons (Fsp3) is 0.600. The number of nitrogens with one attached hydrogen (secondary N) is 1. The highest BCUT2D eigenvalue weighted by Gasteiger charge is 2.48. The molecule has 1 N–H and O–H groups in total. The lowest BCUT2D eigenvalue weighted by molar-refractivity contribution is -0.149. The number of piperidine rings is 1. The summed E-state index contributed by atoms with van der Waals surface area (Å²) in [5.74, 6) is -0.0906. The van der Waals surface area contributed by atoms with Gasteiger partial charge in [-0.25, -0.2) is 18.7 Å². The molecule has 1 fully saturated rings. The minimum Gasteiger partial charge on any atom is -0.327 e. The lowest BCUT2D eigenvalue weighted by Gasteiger charge is -2.37. The number of rotatable bonds is 4. The van der Waals surface area contributed by atoms with E-state index in [0.717, 1.165) is 17.5 Å². The van der Waals surface area contributed by atoms with E-state index in [2.05, 4.69) is 20.4 Å². The first-order chi connectivity index (χ1) is 14.2. The first kappa shape index (κ1) is 20.6. The Morgan fingerprint density at radius 3 is 2.67 bits per heavy atom. The molecular weight excluding hydrogens is 392 g/mol. The normalized spacial score (nSPS) is 21.0. The minimum absolute atomic E-state index is 0.0389. The van der Waals surface area contributed by atoms with Crippen LogP contribution in [0.1, 0.15) is 49.8 Å². The second-order valence-electron chi connectivity index (χ2n) is 8.17. The van der Waals surface area contributed by atoms with E-state index in [1.807, 2.05) is 25.8 Å². The summed E-state index contributed by atoms with van der Waals surface area (Å²) in [4.78, 5) is 24.9. The topological polar surface area (TPSA) is 79.2 Å². The van der Waals surface area contributed by atoms with Gasteiger partial charge in [0.25, 0.3) is 5.91 Å². The highest BCUT2D eigenvalue weighted by atomic mass is 19.1. The molecule has 10 heteroatoms. The SMILES string of the molecule is CCc1ncc(F)c(Nc2nn(C)c3c2C(C)N(C(=O)C2(F)CCN(C)CC2)C3)n1. The summed E-state index contributed by atoms with van der Waals surface area (Å²) < 4.78 is 31.3. The van der Waals surface area contributed by atoms with Crippen LogP contribution in [0.3, 0.4) is 0 Å². The van der Waals surface area contributed by atoms with Crippen LogP contribution < -0.4 is 5.32 Å². The van der Waals surface area contributed by atoms with Crippen molar-refractivity contribution >= 4 is 17.5 Å². The van der Waals surface area contributed by atoms with Crippen molar-refractivity contribution in [1.82, 2.24) is 29.5 Å². The van der Waals surface area contributed by atoms with Crippen LogP contribution >= 0.6 is 0 Å². The average Bonchev–Trinajstić information content (AvgIpc) is 3.23. The predicted molar refractivity (Wildman–Crippen MR) is 107 cm³/mol. The third kappa shape index (κ3) is 3.42. The van der Waals surface area contributed by atoms with Crippen molar-refractivity contribution in [2.24, 2.45) is 7.05 Å². The number of aryl methyl sites for hydroxylation is 2. The van der Waals surface area contributed by atoms with Crippen molar-refractivity contribution in [2.75, 3.05) is 25.5 Å². The van der Waals surface area contributed by atoms with Crippen molar-refractivity contribution < 1.29 is 13.6 Å². The van der Waals surface area contributed by atoms with Crippen molar-refractivity contribution in [3.8, 4) is 0 Å². The van der Waals surface area contributed by atoms with Gasteiger partial charge >= 0.3 is 0 Å². The first-order valence-corrected chi connectivity index (χ1v) is 10.3. The summed E-state index contributed by atoms with van der Waals surface area (Å²) >= 11 is 0. The maximum absolute atomic E-state index is 15.5. The van der Waals surface area contributed by atoms with Crippen LogP contribution in [-0.2, 0) is 24.8 Å². The number of halogens is 2. The quantitative estimate of drug-likeness (QED) is 0.820. The van der Waals surface area contributed by atoms with Crippen LogP contribution in [0.25, 0.3) is 0 Å². The first-order valence-electron chi connectivity index (χ1n) is 10.3. The van der Waals surface area contributed by atoms with Crippen molar-refractivity contribution in [3.05, 3.63) is 29.1 Å². The monoisotopic (exact) mass is 419 g/mol. The number of carbonyl (C=O) groups excluding carboxylic acids is 1. The molecule has 0 spiro atoms. The lowest BCUT2D eigenvalue weighted by Crippen LogP contribution is -2.51. The number of aromatic nitrogens is 4. The molecule has 162 valence electrons. The summed E-state index contributed by atoms with van der Waals surface area (Å²) in [7, 11) is 3.69. The fourth-order valence-corrected chi connectivity index (χ4v) is 4.21. The molecule has 1 saturated heterocycles. The molecule has 2 aliphatic heterocycles. The van der Waals surface area contributed by atoms with Crippen molar-refractivity contribution in [2.45, 2.75) is 51.4 Å². The fourth-order valence-electron chi connectivity index (χ4n) is 4.21. The molecule has 0 aliphatic carbocycles. The lowest BCUT2D eigenvalue weighted by atomic mass is 9.91. The number of fused-ring (bicyclic) bond motifs is 1. The average molecular weight is 419 g/mol. The number of anilines is 2. The maximum atomic E-state index is 15.5. The molecule has 4 rings (SSSR count). The zero-order valence-electron chi connectivity index (χ0n) is 17.7. The minimum atomic E-state index is -1.85. The Morgan fingerprint density at radius 1 is 1.30 bits per heavy atom.